The summed E-state index contributed by atoms with van der Waals surface area (Å²) in [5.41, 5.74) is 2.32. The van der Waals surface area contributed by atoms with Gasteiger partial charge >= 0.3 is 0 Å². The van der Waals surface area contributed by atoms with Gasteiger partial charge in [0, 0.05) is 18.7 Å². The van der Waals surface area contributed by atoms with E-state index in [9.17, 15) is 9.59 Å². The molecule has 4 heteroatoms. The third-order valence-corrected chi connectivity index (χ3v) is 3.20. The molecule has 4 nitrogen and oxygen atoms in total. The van der Waals surface area contributed by atoms with Crippen molar-refractivity contribution < 1.29 is 14.3 Å². The number of amides is 1. The van der Waals surface area contributed by atoms with Gasteiger partial charge in [-0.1, -0.05) is 6.92 Å². The Labute approximate surface area is 100 Å². The number of hydrogen-bond acceptors (Lipinski definition) is 3. The fourth-order valence-electron chi connectivity index (χ4n) is 2.24. The summed E-state index contributed by atoms with van der Waals surface area (Å²) >= 11 is 0. The minimum atomic E-state index is -0.0284. The van der Waals surface area contributed by atoms with E-state index in [2.05, 4.69) is 0 Å². The van der Waals surface area contributed by atoms with Crippen LogP contribution >= 0.6 is 0 Å². The predicted octanol–water partition coefficient (Wildman–Crippen LogP) is 1.66. The highest BCUT2D eigenvalue weighted by Gasteiger charge is 2.28. The highest BCUT2D eigenvalue weighted by molar-refractivity contribution is 5.98. The highest BCUT2D eigenvalue weighted by Crippen LogP contribution is 2.34. The van der Waals surface area contributed by atoms with Crippen molar-refractivity contribution >= 4 is 17.9 Å². The number of benzene rings is 1. The number of aldehydes is 1. The molecule has 17 heavy (non-hydrogen) atoms. The Bertz CT molecular complexity index is 482. The van der Waals surface area contributed by atoms with Crippen LogP contribution in [0.5, 0.6) is 5.75 Å². The van der Waals surface area contributed by atoms with Crippen LogP contribution < -0.4 is 9.64 Å². The lowest BCUT2D eigenvalue weighted by Crippen LogP contribution is -2.37. The maximum Gasteiger partial charge on any atom is 0.229 e. The molecule has 0 radical (unpaired) electrons. The molecule has 1 amide bonds. The van der Waals surface area contributed by atoms with Gasteiger partial charge in [-0.25, -0.2) is 0 Å². The molecule has 0 aliphatic carbocycles. The van der Waals surface area contributed by atoms with Crippen LogP contribution in [0.4, 0.5) is 5.69 Å². The van der Waals surface area contributed by atoms with Crippen LogP contribution in [0.25, 0.3) is 0 Å². The van der Waals surface area contributed by atoms with Gasteiger partial charge in [-0.05, 0) is 24.1 Å². The fraction of sp³-hybridized carbons (Fsp3) is 0.385. The number of hydrogen-bond donors (Lipinski definition) is 0. The molecule has 0 bridgehead atoms. The standard InChI is InChI=1S/C13H15NO3/c1-8-4-9-6-12(17-3)10(7-15)5-11(9)14(2)13(8)16/h5-8H,4H2,1-3H3. The first-order valence-corrected chi connectivity index (χ1v) is 5.52. The van der Waals surface area contributed by atoms with Crippen molar-refractivity contribution in [2.24, 2.45) is 5.92 Å². The molecule has 1 aromatic carbocycles. The number of ether oxygens (including phenoxy) is 1. The number of nitrogens with zero attached hydrogens (tertiary/aromatic N) is 1. The van der Waals surface area contributed by atoms with Crippen molar-refractivity contribution in [3.8, 4) is 5.75 Å². The van der Waals surface area contributed by atoms with E-state index in [0.29, 0.717) is 17.7 Å². The number of anilines is 1. The van der Waals surface area contributed by atoms with E-state index in [1.807, 2.05) is 13.0 Å². The van der Waals surface area contributed by atoms with Crippen LogP contribution in [0.15, 0.2) is 12.1 Å². The topological polar surface area (TPSA) is 46.6 Å². The van der Waals surface area contributed by atoms with Crippen LogP contribution in [0.3, 0.4) is 0 Å². The van der Waals surface area contributed by atoms with Crippen LogP contribution in [-0.4, -0.2) is 26.4 Å². The van der Waals surface area contributed by atoms with E-state index in [1.165, 1.54) is 7.11 Å². The number of fused-ring (bicyclic) bond motifs is 1. The largest absolute Gasteiger partial charge is 0.496 e. The SMILES string of the molecule is COc1cc2c(cc1C=O)N(C)C(=O)C(C)C2. The van der Waals surface area contributed by atoms with Crippen molar-refractivity contribution in [3.05, 3.63) is 23.3 Å². The first kappa shape index (κ1) is 11.6. The van der Waals surface area contributed by atoms with E-state index < -0.39 is 0 Å². The summed E-state index contributed by atoms with van der Waals surface area (Å²) in [6, 6.07) is 3.56. The molecule has 1 unspecified atom stereocenters. The molecule has 0 saturated carbocycles. The third kappa shape index (κ3) is 1.79. The van der Waals surface area contributed by atoms with Crippen LogP contribution in [-0.2, 0) is 11.2 Å². The molecular weight excluding hydrogens is 218 g/mol. The van der Waals surface area contributed by atoms with Gasteiger partial charge < -0.3 is 9.64 Å². The summed E-state index contributed by atoms with van der Waals surface area (Å²) < 4.78 is 5.16. The van der Waals surface area contributed by atoms with Gasteiger partial charge in [0.15, 0.2) is 6.29 Å². The Morgan fingerprint density at radius 3 is 2.76 bits per heavy atom. The zero-order valence-corrected chi connectivity index (χ0v) is 10.2. The molecular formula is C13H15NO3. The molecule has 1 heterocycles. The van der Waals surface area contributed by atoms with Crippen molar-refractivity contribution in [1.82, 2.24) is 0 Å². The maximum atomic E-state index is 11.8. The molecule has 2 rings (SSSR count). The second kappa shape index (κ2) is 4.20. The summed E-state index contributed by atoms with van der Waals surface area (Å²) in [6.45, 7) is 1.90. The van der Waals surface area contributed by atoms with E-state index in [-0.39, 0.29) is 11.8 Å². The van der Waals surface area contributed by atoms with Crippen molar-refractivity contribution in [2.75, 3.05) is 19.1 Å². The molecule has 0 fully saturated rings. The van der Waals surface area contributed by atoms with E-state index in [0.717, 1.165) is 17.5 Å². The Hall–Kier alpha value is -1.84. The van der Waals surface area contributed by atoms with Crippen molar-refractivity contribution in [2.45, 2.75) is 13.3 Å². The molecule has 0 spiro atoms. The van der Waals surface area contributed by atoms with Gasteiger partial charge in [-0.3, -0.25) is 9.59 Å². The average molecular weight is 233 g/mol. The molecule has 1 aromatic rings. The molecule has 1 atom stereocenters. The van der Waals surface area contributed by atoms with E-state index in [4.69, 9.17) is 4.74 Å². The van der Waals surface area contributed by atoms with Gasteiger partial charge in [0.25, 0.3) is 0 Å². The van der Waals surface area contributed by atoms with Crippen LogP contribution in [0, 0.1) is 5.92 Å². The zero-order valence-electron chi connectivity index (χ0n) is 10.2. The number of carbonyl (C=O) groups is 2. The molecule has 1 aliphatic rings. The molecule has 0 saturated heterocycles. The average Bonchev–Trinajstić information content (AvgIpc) is 2.34. The monoisotopic (exact) mass is 233 g/mol. The second-order valence-corrected chi connectivity index (χ2v) is 4.34. The molecule has 0 N–H and O–H groups in total. The van der Waals surface area contributed by atoms with Crippen molar-refractivity contribution in [1.29, 1.82) is 0 Å². The van der Waals surface area contributed by atoms with Crippen molar-refractivity contribution in [3.63, 3.8) is 0 Å². The lowest BCUT2D eigenvalue weighted by Gasteiger charge is -2.30. The minimum Gasteiger partial charge on any atom is -0.496 e. The maximum absolute atomic E-state index is 11.8. The number of carbonyl (C=O) groups excluding carboxylic acids is 2. The highest BCUT2D eigenvalue weighted by atomic mass is 16.5. The number of rotatable bonds is 2. The Morgan fingerprint density at radius 1 is 1.47 bits per heavy atom. The molecule has 90 valence electrons. The summed E-state index contributed by atoms with van der Waals surface area (Å²) in [5.74, 6) is 0.618. The second-order valence-electron chi connectivity index (χ2n) is 4.34. The summed E-state index contributed by atoms with van der Waals surface area (Å²) in [7, 11) is 3.27. The summed E-state index contributed by atoms with van der Waals surface area (Å²) in [5, 5.41) is 0. The van der Waals surface area contributed by atoms with E-state index >= 15 is 0 Å². The minimum absolute atomic E-state index is 0.0284. The first-order chi connectivity index (χ1) is 8.08. The lowest BCUT2D eigenvalue weighted by molar-refractivity contribution is -0.121. The van der Waals surface area contributed by atoms with Gasteiger partial charge in [-0.15, -0.1) is 0 Å². The Kier molecular flexibility index (Phi) is 2.88. The van der Waals surface area contributed by atoms with Gasteiger partial charge in [0.1, 0.15) is 5.75 Å². The summed E-state index contributed by atoms with van der Waals surface area (Å²) in [6.07, 6.45) is 1.43. The quantitative estimate of drug-likeness (QED) is 0.730. The number of methoxy groups -OCH3 is 1. The summed E-state index contributed by atoms with van der Waals surface area (Å²) in [4.78, 5) is 24.4. The first-order valence-electron chi connectivity index (χ1n) is 5.52. The van der Waals surface area contributed by atoms with Gasteiger partial charge in [0.05, 0.1) is 12.7 Å². The normalized spacial score (nSPS) is 18.9. The molecule has 0 aromatic heterocycles. The lowest BCUT2D eigenvalue weighted by atomic mass is 9.92. The van der Waals surface area contributed by atoms with Gasteiger partial charge in [0.2, 0.25) is 5.91 Å². The molecule has 1 aliphatic heterocycles. The Morgan fingerprint density at radius 2 is 2.18 bits per heavy atom. The predicted molar refractivity (Wildman–Crippen MR) is 64.7 cm³/mol. The Balaban J connectivity index is 2.57. The smallest absolute Gasteiger partial charge is 0.229 e. The van der Waals surface area contributed by atoms with Gasteiger partial charge in [-0.2, -0.15) is 0 Å². The zero-order chi connectivity index (χ0) is 12.6. The third-order valence-electron chi connectivity index (χ3n) is 3.20. The van der Waals surface area contributed by atoms with E-state index in [1.54, 1.807) is 18.0 Å². The fourth-order valence-corrected chi connectivity index (χ4v) is 2.24. The van der Waals surface area contributed by atoms with Crippen LogP contribution in [0.1, 0.15) is 22.8 Å². The van der Waals surface area contributed by atoms with Crippen LogP contribution in [0.2, 0.25) is 0 Å².